The average Bonchev–Trinajstić information content (AvgIpc) is 3.10. The summed E-state index contributed by atoms with van der Waals surface area (Å²) in [6.45, 7) is 12.2. The molecule has 0 bridgehead atoms. The van der Waals surface area contributed by atoms with Crippen molar-refractivity contribution < 1.29 is 0 Å². The molecule has 8 nitrogen and oxygen atoms in total. The van der Waals surface area contributed by atoms with Crippen LogP contribution in [0.4, 0.5) is 11.6 Å². The number of allylic oxidation sites excluding steroid dienone is 1. The van der Waals surface area contributed by atoms with Crippen LogP contribution >= 0.6 is 11.6 Å². The molecule has 1 aliphatic heterocycles. The Bertz CT molecular complexity index is 1500. The molecule has 0 saturated carbocycles. The molecule has 0 amide bonds. The van der Waals surface area contributed by atoms with Crippen molar-refractivity contribution >= 4 is 34.3 Å². The Morgan fingerprint density at radius 2 is 2.06 bits per heavy atom. The molecule has 4 aromatic rings. The lowest BCUT2D eigenvalue weighted by molar-refractivity contribution is 0.563. The van der Waals surface area contributed by atoms with E-state index in [0.29, 0.717) is 28.5 Å². The van der Waals surface area contributed by atoms with Gasteiger partial charge in [0.2, 0.25) is 5.95 Å². The number of halogens is 1. The molecular weight excluding hydrogens is 462 g/mol. The smallest absolute Gasteiger partial charge is 0.278 e. The summed E-state index contributed by atoms with van der Waals surface area (Å²) in [7, 11) is 0. The Morgan fingerprint density at radius 1 is 1.23 bits per heavy atom. The van der Waals surface area contributed by atoms with Gasteiger partial charge in [-0.2, -0.15) is 4.98 Å². The van der Waals surface area contributed by atoms with Crippen molar-refractivity contribution in [1.82, 2.24) is 29.6 Å². The van der Waals surface area contributed by atoms with Gasteiger partial charge in [0, 0.05) is 30.0 Å². The van der Waals surface area contributed by atoms with Gasteiger partial charge in [-0.25, -0.2) is 14.3 Å². The number of anilines is 2. The van der Waals surface area contributed by atoms with Crippen molar-refractivity contribution in [3.8, 4) is 5.69 Å². The number of rotatable bonds is 5. The number of fused-ring (bicyclic) bond motifs is 2. The Morgan fingerprint density at radius 3 is 2.83 bits per heavy atom. The SMILES string of the molecule is C=CCn1c(=O)c2cnc(Nc3cc4c(cc3Cl)CNCC4)nc2n1-c1ccnc(C(C)(C)C)c1. The van der Waals surface area contributed by atoms with Gasteiger partial charge >= 0.3 is 0 Å². The zero-order valence-electron chi connectivity index (χ0n) is 20.1. The van der Waals surface area contributed by atoms with Gasteiger partial charge < -0.3 is 10.6 Å². The molecule has 0 aliphatic carbocycles. The van der Waals surface area contributed by atoms with E-state index in [0.717, 1.165) is 36.6 Å². The summed E-state index contributed by atoms with van der Waals surface area (Å²) in [6, 6.07) is 7.89. The van der Waals surface area contributed by atoms with Gasteiger partial charge in [-0.15, -0.1) is 6.58 Å². The predicted molar refractivity (Wildman–Crippen MR) is 140 cm³/mol. The number of pyridine rings is 1. The van der Waals surface area contributed by atoms with E-state index in [1.807, 2.05) is 22.9 Å². The summed E-state index contributed by atoms with van der Waals surface area (Å²) in [4.78, 5) is 26.9. The second kappa shape index (κ2) is 8.94. The molecule has 0 radical (unpaired) electrons. The van der Waals surface area contributed by atoms with Gasteiger partial charge in [-0.1, -0.05) is 38.4 Å². The first-order chi connectivity index (χ1) is 16.8. The van der Waals surface area contributed by atoms with Crippen LogP contribution in [0.3, 0.4) is 0 Å². The largest absolute Gasteiger partial charge is 0.323 e. The third-order valence-electron chi connectivity index (χ3n) is 6.16. The first-order valence-corrected chi connectivity index (χ1v) is 12.0. The maximum Gasteiger partial charge on any atom is 0.278 e. The molecule has 5 rings (SSSR count). The van der Waals surface area contributed by atoms with Gasteiger partial charge in [0.05, 0.1) is 22.9 Å². The van der Waals surface area contributed by atoms with Crippen molar-refractivity contribution in [2.75, 3.05) is 11.9 Å². The standard InChI is InChI=1S/C26H28ClN7O/c1-5-10-33-24(35)19-15-30-25(31-21-12-16-6-8-28-14-17(16)11-20(21)27)32-23(19)34(33)18-7-9-29-22(13-18)26(2,3)4/h5,7,9,11-13,15,28H,1,6,8,10,14H2,2-4H3,(H,30,31,32). The molecule has 0 spiro atoms. The molecular formula is C26H28ClN7O. The third kappa shape index (κ3) is 4.35. The van der Waals surface area contributed by atoms with E-state index in [-0.39, 0.29) is 11.0 Å². The van der Waals surface area contributed by atoms with Crippen LogP contribution in [0.15, 0.2) is 54.1 Å². The van der Waals surface area contributed by atoms with E-state index < -0.39 is 0 Å². The van der Waals surface area contributed by atoms with Crippen LogP contribution in [0.5, 0.6) is 0 Å². The summed E-state index contributed by atoms with van der Waals surface area (Å²) in [6.07, 6.45) is 5.94. The molecule has 0 atom stereocenters. The highest BCUT2D eigenvalue weighted by Gasteiger charge is 2.21. The van der Waals surface area contributed by atoms with Crippen LogP contribution in [0.2, 0.25) is 5.02 Å². The van der Waals surface area contributed by atoms with Crippen molar-refractivity contribution in [3.05, 3.63) is 81.5 Å². The van der Waals surface area contributed by atoms with Crippen molar-refractivity contribution in [2.45, 2.75) is 45.7 Å². The summed E-state index contributed by atoms with van der Waals surface area (Å²) in [5.74, 6) is 0.364. The third-order valence-corrected chi connectivity index (χ3v) is 6.47. The number of hydrogen-bond acceptors (Lipinski definition) is 6. The lowest BCUT2D eigenvalue weighted by atomic mass is 9.91. The summed E-state index contributed by atoms with van der Waals surface area (Å²) >= 11 is 6.56. The first-order valence-electron chi connectivity index (χ1n) is 11.6. The normalized spacial score (nSPS) is 13.6. The molecule has 1 aromatic carbocycles. The molecule has 35 heavy (non-hydrogen) atoms. The van der Waals surface area contributed by atoms with E-state index in [1.165, 1.54) is 11.1 Å². The summed E-state index contributed by atoms with van der Waals surface area (Å²) in [5, 5.41) is 7.64. The van der Waals surface area contributed by atoms with Crippen LogP contribution in [0.1, 0.15) is 37.6 Å². The Labute approximate surface area is 208 Å². The Hall–Kier alpha value is -3.49. The predicted octanol–water partition coefficient (Wildman–Crippen LogP) is 4.50. The minimum atomic E-state index is -0.181. The first kappa shape index (κ1) is 23.3. The molecule has 0 saturated heterocycles. The molecule has 180 valence electrons. The maximum absolute atomic E-state index is 13.2. The van der Waals surface area contributed by atoms with E-state index in [1.54, 1.807) is 23.2 Å². The van der Waals surface area contributed by atoms with Gasteiger partial charge in [0.15, 0.2) is 5.65 Å². The minimum absolute atomic E-state index is 0.150. The second-order valence-corrected chi connectivity index (χ2v) is 10.1. The Balaban J connectivity index is 1.64. The van der Waals surface area contributed by atoms with Crippen LogP contribution in [-0.2, 0) is 24.9 Å². The van der Waals surface area contributed by atoms with Crippen molar-refractivity contribution in [2.24, 2.45) is 0 Å². The lowest BCUT2D eigenvalue weighted by Gasteiger charge is -2.20. The second-order valence-electron chi connectivity index (χ2n) is 9.72. The quantitative estimate of drug-likeness (QED) is 0.401. The zero-order chi connectivity index (χ0) is 24.7. The fraction of sp³-hybridized carbons (Fsp3) is 0.308. The van der Waals surface area contributed by atoms with E-state index >= 15 is 0 Å². The molecule has 0 unspecified atom stereocenters. The van der Waals surface area contributed by atoms with Crippen LogP contribution in [0, 0.1) is 0 Å². The van der Waals surface area contributed by atoms with Crippen LogP contribution in [0.25, 0.3) is 16.7 Å². The number of nitrogens with zero attached hydrogens (tertiary/aromatic N) is 5. The Kier molecular flexibility index (Phi) is 5.94. The van der Waals surface area contributed by atoms with E-state index in [4.69, 9.17) is 16.6 Å². The van der Waals surface area contributed by atoms with Crippen LogP contribution in [-0.4, -0.2) is 30.9 Å². The summed E-state index contributed by atoms with van der Waals surface area (Å²) in [5.41, 5.74) is 5.06. The van der Waals surface area contributed by atoms with Gasteiger partial charge in [-0.3, -0.25) is 9.78 Å². The van der Waals surface area contributed by atoms with Gasteiger partial charge in [-0.05, 0) is 48.4 Å². The summed E-state index contributed by atoms with van der Waals surface area (Å²) < 4.78 is 3.42. The molecule has 3 aromatic heterocycles. The fourth-order valence-electron chi connectivity index (χ4n) is 4.32. The van der Waals surface area contributed by atoms with Crippen molar-refractivity contribution in [1.29, 1.82) is 0 Å². The molecule has 1 aliphatic rings. The monoisotopic (exact) mass is 489 g/mol. The fourth-order valence-corrected chi connectivity index (χ4v) is 4.55. The molecule has 2 N–H and O–H groups in total. The molecule has 4 heterocycles. The maximum atomic E-state index is 13.2. The van der Waals surface area contributed by atoms with E-state index in [9.17, 15) is 4.79 Å². The highest BCUT2D eigenvalue weighted by Crippen LogP contribution is 2.30. The topological polar surface area (TPSA) is 89.7 Å². The number of hydrogen-bond donors (Lipinski definition) is 2. The highest BCUT2D eigenvalue weighted by atomic mass is 35.5. The molecule has 9 heteroatoms. The zero-order valence-corrected chi connectivity index (χ0v) is 20.9. The number of benzene rings is 1. The van der Waals surface area contributed by atoms with Crippen LogP contribution < -0.4 is 16.2 Å². The van der Waals surface area contributed by atoms with Crippen molar-refractivity contribution in [3.63, 3.8) is 0 Å². The average molecular weight is 490 g/mol. The number of nitrogens with one attached hydrogen (secondary N) is 2. The van der Waals surface area contributed by atoms with Gasteiger partial charge in [0.25, 0.3) is 5.56 Å². The highest BCUT2D eigenvalue weighted by molar-refractivity contribution is 6.33. The van der Waals surface area contributed by atoms with Gasteiger partial charge in [0.1, 0.15) is 5.39 Å². The minimum Gasteiger partial charge on any atom is -0.323 e. The molecule has 0 fully saturated rings. The number of aromatic nitrogens is 5. The lowest BCUT2D eigenvalue weighted by Crippen LogP contribution is -2.23. The van der Waals surface area contributed by atoms with E-state index in [2.05, 4.69) is 54.0 Å².